The molecular formula is C22H28N2O4. The monoisotopic (exact) mass is 384 g/mol. The van der Waals surface area contributed by atoms with Crippen LogP contribution < -0.4 is 10.2 Å². The van der Waals surface area contributed by atoms with Gasteiger partial charge in [0.15, 0.2) is 0 Å². The summed E-state index contributed by atoms with van der Waals surface area (Å²) in [5.74, 6) is 8.15. The topological polar surface area (TPSA) is 67.9 Å². The third-order valence-corrected chi connectivity index (χ3v) is 3.59. The van der Waals surface area contributed by atoms with Crippen molar-refractivity contribution in [2.24, 2.45) is 0 Å². The zero-order valence-electron chi connectivity index (χ0n) is 16.6. The van der Waals surface area contributed by atoms with Gasteiger partial charge in [-0.3, -0.25) is 4.79 Å². The van der Waals surface area contributed by atoms with Crippen molar-refractivity contribution in [3.8, 4) is 23.8 Å². The summed E-state index contributed by atoms with van der Waals surface area (Å²) in [6.07, 6.45) is 3.32. The first-order valence-electron chi connectivity index (χ1n) is 9.47. The summed E-state index contributed by atoms with van der Waals surface area (Å²) in [4.78, 5) is 24.6. The Morgan fingerprint density at radius 1 is 1.04 bits per heavy atom. The maximum absolute atomic E-state index is 11.4. The van der Waals surface area contributed by atoms with Crippen LogP contribution in [0.3, 0.4) is 0 Å². The van der Waals surface area contributed by atoms with Crippen molar-refractivity contribution in [3.05, 3.63) is 30.3 Å². The van der Waals surface area contributed by atoms with Gasteiger partial charge in [-0.2, -0.15) is 0 Å². The molecular weight excluding hydrogens is 356 g/mol. The number of alkyl carbamates (subject to hydrolysis) is 1. The highest BCUT2D eigenvalue weighted by molar-refractivity contribution is 5.77. The minimum atomic E-state index is -0.617. The van der Waals surface area contributed by atoms with Gasteiger partial charge in [-0.05, 0) is 37.3 Å². The SMILES string of the molecule is CCCCOC(=O)CNC(=O)OCCCCC#CC#CN(C)c1ccccc1. The quantitative estimate of drug-likeness (QED) is 0.290. The lowest BCUT2D eigenvalue weighted by atomic mass is 10.2. The van der Waals surface area contributed by atoms with E-state index < -0.39 is 12.1 Å². The van der Waals surface area contributed by atoms with E-state index >= 15 is 0 Å². The van der Waals surface area contributed by atoms with Crippen molar-refractivity contribution in [2.45, 2.75) is 39.0 Å². The Bertz CT molecular complexity index is 711. The zero-order chi connectivity index (χ0) is 20.5. The van der Waals surface area contributed by atoms with Crippen molar-refractivity contribution in [2.75, 3.05) is 31.7 Å². The molecule has 0 aliphatic heterocycles. The molecule has 0 heterocycles. The number of carbonyl (C=O) groups excluding carboxylic acids is 2. The van der Waals surface area contributed by atoms with E-state index in [0.29, 0.717) is 19.4 Å². The number of rotatable bonds is 10. The number of carbonyl (C=O) groups is 2. The van der Waals surface area contributed by atoms with Gasteiger partial charge in [0.05, 0.1) is 13.2 Å². The van der Waals surface area contributed by atoms with E-state index in [-0.39, 0.29) is 13.2 Å². The Morgan fingerprint density at radius 2 is 1.79 bits per heavy atom. The lowest BCUT2D eigenvalue weighted by molar-refractivity contribution is -0.142. The van der Waals surface area contributed by atoms with Crippen LogP contribution in [-0.4, -0.2) is 38.9 Å². The molecule has 6 heteroatoms. The molecule has 0 aliphatic carbocycles. The molecule has 0 saturated heterocycles. The molecule has 1 aromatic carbocycles. The second-order valence-electron chi connectivity index (χ2n) is 5.95. The van der Waals surface area contributed by atoms with Crippen molar-refractivity contribution < 1.29 is 19.1 Å². The molecule has 150 valence electrons. The lowest BCUT2D eigenvalue weighted by Crippen LogP contribution is -2.31. The number of benzene rings is 1. The summed E-state index contributed by atoms with van der Waals surface area (Å²) in [6.45, 7) is 2.48. The lowest BCUT2D eigenvalue weighted by Gasteiger charge is -2.09. The van der Waals surface area contributed by atoms with Crippen LogP contribution in [0.4, 0.5) is 10.5 Å². The van der Waals surface area contributed by atoms with E-state index in [9.17, 15) is 9.59 Å². The second kappa shape index (κ2) is 15.0. The fourth-order valence-corrected chi connectivity index (χ4v) is 1.99. The number of anilines is 1. The number of nitrogens with one attached hydrogen (secondary N) is 1. The van der Waals surface area contributed by atoms with E-state index in [1.54, 1.807) is 0 Å². The minimum absolute atomic E-state index is 0.176. The van der Waals surface area contributed by atoms with Crippen LogP contribution >= 0.6 is 0 Å². The molecule has 6 nitrogen and oxygen atoms in total. The van der Waals surface area contributed by atoms with Crippen molar-refractivity contribution >= 4 is 17.7 Å². The van der Waals surface area contributed by atoms with Crippen LogP contribution in [0.5, 0.6) is 0 Å². The van der Waals surface area contributed by atoms with E-state index in [1.165, 1.54) is 0 Å². The number of esters is 1. The number of unbranched alkanes of at least 4 members (excludes halogenated alkanes) is 3. The first-order chi connectivity index (χ1) is 13.6. The number of para-hydroxylation sites is 1. The van der Waals surface area contributed by atoms with Gasteiger partial charge in [-0.15, -0.1) is 0 Å². The molecule has 0 aromatic heterocycles. The van der Waals surface area contributed by atoms with Crippen LogP contribution in [0.15, 0.2) is 30.3 Å². The van der Waals surface area contributed by atoms with E-state index in [2.05, 4.69) is 29.1 Å². The van der Waals surface area contributed by atoms with Gasteiger partial charge in [0, 0.05) is 31.1 Å². The molecule has 0 aliphatic rings. The fourth-order valence-electron chi connectivity index (χ4n) is 1.99. The molecule has 0 spiro atoms. The fraction of sp³-hybridized carbons (Fsp3) is 0.455. The van der Waals surface area contributed by atoms with Crippen LogP contribution in [0.25, 0.3) is 0 Å². The summed E-state index contributed by atoms with van der Waals surface area (Å²) in [6, 6.07) is 12.8. The summed E-state index contributed by atoms with van der Waals surface area (Å²) in [7, 11) is 1.89. The van der Waals surface area contributed by atoms with E-state index in [1.807, 2.05) is 49.2 Å². The summed E-state index contributed by atoms with van der Waals surface area (Å²) >= 11 is 0. The Labute approximate surface area is 167 Å². The molecule has 1 rings (SSSR count). The van der Waals surface area contributed by atoms with Gasteiger partial charge in [-0.25, -0.2) is 4.79 Å². The van der Waals surface area contributed by atoms with Gasteiger partial charge in [-0.1, -0.05) is 37.5 Å². The number of hydrogen-bond donors (Lipinski definition) is 1. The molecule has 1 N–H and O–H groups in total. The van der Waals surface area contributed by atoms with Gasteiger partial charge in [0.25, 0.3) is 0 Å². The first-order valence-corrected chi connectivity index (χ1v) is 9.47. The van der Waals surface area contributed by atoms with E-state index in [0.717, 1.165) is 24.9 Å². The minimum Gasteiger partial charge on any atom is -0.464 e. The van der Waals surface area contributed by atoms with Crippen LogP contribution in [0, 0.1) is 23.8 Å². The Morgan fingerprint density at radius 3 is 2.54 bits per heavy atom. The molecule has 0 saturated carbocycles. The summed E-state index contributed by atoms with van der Waals surface area (Å²) < 4.78 is 9.91. The van der Waals surface area contributed by atoms with Crippen molar-refractivity contribution in [3.63, 3.8) is 0 Å². The normalized spacial score (nSPS) is 9.21. The van der Waals surface area contributed by atoms with Crippen LogP contribution in [0.2, 0.25) is 0 Å². The number of nitrogens with zero attached hydrogens (tertiary/aromatic N) is 1. The van der Waals surface area contributed by atoms with Gasteiger partial charge in [0.1, 0.15) is 6.54 Å². The molecule has 28 heavy (non-hydrogen) atoms. The highest BCUT2D eigenvalue weighted by atomic mass is 16.6. The smallest absolute Gasteiger partial charge is 0.407 e. The van der Waals surface area contributed by atoms with Crippen molar-refractivity contribution in [1.29, 1.82) is 0 Å². The number of hydrogen-bond acceptors (Lipinski definition) is 5. The Kier molecular flexibility index (Phi) is 12.3. The molecule has 0 atom stereocenters. The summed E-state index contributed by atoms with van der Waals surface area (Å²) in [5.41, 5.74) is 1.02. The predicted octanol–water partition coefficient (Wildman–Crippen LogP) is 3.33. The van der Waals surface area contributed by atoms with Crippen LogP contribution in [0.1, 0.15) is 39.0 Å². The Balaban J connectivity index is 2.06. The van der Waals surface area contributed by atoms with Gasteiger partial charge >= 0.3 is 12.1 Å². The molecule has 0 fully saturated rings. The molecule has 1 aromatic rings. The standard InChI is InChI=1S/C22H28N2O4/c1-3-4-17-27-21(25)19-23-22(26)28-18-13-8-6-5-7-12-16-24(2)20-14-10-9-11-15-20/h9-11,14-15H,3-4,6,8,13,17-19H2,1-2H3,(H,23,26). The van der Waals surface area contributed by atoms with Crippen molar-refractivity contribution in [1.82, 2.24) is 5.32 Å². The number of ether oxygens (including phenoxy) is 2. The Hall–Kier alpha value is -3.12. The predicted molar refractivity (Wildman–Crippen MR) is 109 cm³/mol. The number of amides is 1. The average molecular weight is 384 g/mol. The molecule has 1 amide bonds. The van der Waals surface area contributed by atoms with E-state index in [4.69, 9.17) is 9.47 Å². The third kappa shape index (κ3) is 11.5. The molecule has 0 radical (unpaired) electrons. The first kappa shape index (κ1) is 22.9. The maximum atomic E-state index is 11.4. The highest BCUT2D eigenvalue weighted by Gasteiger charge is 2.06. The summed E-state index contributed by atoms with van der Waals surface area (Å²) in [5, 5.41) is 2.37. The second-order valence-corrected chi connectivity index (χ2v) is 5.95. The zero-order valence-corrected chi connectivity index (χ0v) is 16.6. The molecule has 0 bridgehead atoms. The average Bonchev–Trinajstić information content (AvgIpc) is 2.71. The highest BCUT2D eigenvalue weighted by Crippen LogP contribution is 2.08. The third-order valence-electron chi connectivity index (χ3n) is 3.59. The maximum Gasteiger partial charge on any atom is 0.407 e. The van der Waals surface area contributed by atoms with Crippen LogP contribution in [-0.2, 0) is 14.3 Å². The van der Waals surface area contributed by atoms with Gasteiger partial charge < -0.3 is 19.7 Å². The van der Waals surface area contributed by atoms with Gasteiger partial charge in [0.2, 0.25) is 0 Å². The largest absolute Gasteiger partial charge is 0.464 e. The molecule has 0 unspecified atom stereocenters.